The van der Waals surface area contributed by atoms with E-state index in [1.165, 1.54) is 5.56 Å². The van der Waals surface area contributed by atoms with Crippen molar-refractivity contribution in [2.45, 2.75) is 26.7 Å². The summed E-state index contributed by atoms with van der Waals surface area (Å²) in [4.78, 5) is 11.1. The average Bonchev–Trinajstić information content (AvgIpc) is 2.50. The summed E-state index contributed by atoms with van der Waals surface area (Å²) < 4.78 is 1.99. The van der Waals surface area contributed by atoms with E-state index in [4.69, 9.17) is 5.11 Å². The Morgan fingerprint density at radius 2 is 2.00 bits per heavy atom. The molecule has 0 amide bonds. The van der Waals surface area contributed by atoms with Gasteiger partial charge < -0.3 is 9.67 Å². The van der Waals surface area contributed by atoms with E-state index in [1.54, 1.807) is 6.92 Å². The van der Waals surface area contributed by atoms with Gasteiger partial charge in [0.2, 0.25) is 0 Å². The number of carboxylic acid groups (broad SMARTS) is 1. The number of carbonyl (C=O) groups is 1. The van der Waals surface area contributed by atoms with Gasteiger partial charge in [0.1, 0.15) is 0 Å². The van der Waals surface area contributed by atoms with E-state index in [-0.39, 0.29) is 0 Å². The summed E-state index contributed by atoms with van der Waals surface area (Å²) in [6.45, 7) is 5.78. The molecule has 1 aromatic carbocycles. The van der Waals surface area contributed by atoms with Crippen LogP contribution in [0, 0.1) is 13.8 Å². The van der Waals surface area contributed by atoms with Crippen LogP contribution in [0.25, 0.3) is 10.9 Å². The van der Waals surface area contributed by atoms with Crippen molar-refractivity contribution >= 4 is 16.9 Å². The second-order valence-electron chi connectivity index (χ2n) is 4.65. The number of hydrogen-bond donors (Lipinski definition) is 1. The highest BCUT2D eigenvalue weighted by atomic mass is 16.4. The summed E-state index contributed by atoms with van der Waals surface area (Å²) in [5.41, 5.74) is 4.25. The topological polar surface area (TPSA) is 42.2 Å². The van der Waals surface area contributed by atoms with E-state index in [0.29, 0.717) is 0 Å². The van der Waals surface area contributed by atoms with Gasteiger partial charge in [0.15, 0.2) is 0 Å². The van der Waals surface area contributed by atoms with Crippen LogP contribution in [0.1, 0.15) is 29.7 Å². The lowest BCUT2D eigenvalue weighted by atomic mass is 10.0. The molecule has 0 bridgehead atoms. The van der Waals surface area contributed by atoms with Crippen LogP contribution in [0.15, 0.2) is 18.2 Å². The SMILES string of the molecule is Cc1ccc2c(c1)c(C)c(C(C)C(=O)O)n2C. The molecule has 1 N–H and O–H groups in total. The van der Waals surface area contributed by atoms with Crippen molar-refractivity contribution in [2.75, 3.05) is 0 Å². The quantitative estimate of drug-likeness (QED) is 0.863. The molecular formula is C14H17NO2. The molecule has 2 aromatic rings. The molecule has 0 aliphatic carbocycles. The molecule has 1 aromatic heterocycles. The predicted octanol–water partition coefficient (Wildman–Crippen LogP) is 2.98. The maximum absolute atomic E-state index is 11.1. The Morgan fingerprint density at radius 3 is 2.59 bits per heavy atom. The second-order valence-corrected chi connectivity index (χ2v) is 4.65. The molecule has 1 unspecified atom stereocenters. The fraction of sp³-hybridized carbons (Fsp3) is 0.357. The Morgan fingerprint density at radius 1 is 1.35 bits per heavy atom. The van der Waals surface area contributed by atoms with Crippen molar-refractivity contribution < 1.29 is 9.90 Å². The van der Waals surface area contributed by atoms with E-state index >= 15 is 0 Å². The Labute approximate surface area is 101 Å². The smallest absolute Gasteiger partial charge is 0.312 e. The van der Waals surface area contributed by atoms with E-state index in [1.807, 2.05) is 25.5 Å². The normalized spacial score (nSPS) is 12.9. The van der Waals surface area contributed by atoms with Gasteiger partial charge in [-0.2, -0.15) is 0 Å². The van der Waals surface area contributed by atoms with Crippen LogP contribution in [0.5, 0.6) is 0 Å². The minimum atomic E-state index is -0.782. The Balaban J connectivity index is 2.77. The maximum Gasteiger partial charge on any atom is 0.312 e. The molecule has 2 rings (SSSR count). The van der Waals surface area contributed by atoms with Crippen LogP contribution >= 0.6 is 0 Å². The zero-order valence-corrected chi connectivity index (χ0v) is 10.6. The third-order valence-electron chi connectivity index (χ3n) is 3.44. The largest absolute Gasteiger partial charge is 0.481 e. The second kappa shape index (κ2) is 3.91. The summed E-state index contributed by atoms with van der Waals surface area (Å²) >= 11 is 0. The zero-order chi connectivity index (χ0) is 12.7. The van der Waals surface area contributed by atoms with Crippen LogP contribution in [-0.4, -0.2) is 15.6 Å². The first-order valence-electron chi connectivity index (χ1n) is 5.71. The van der Waals surface area contributed by atoms with E-state index < -0.39 is 11.9 Å². The highest BCUT2D eigenvalue weighted by Crippen LogP contribution is 2.30. The molecule has 0 aliphatic rings. The number of nitrogens with zero attached hydrogens (tertiary/aromatic N) is 1. The lowest BCUT2D eigenvalue weighted by Crippen LogP contribution is -2.12. The third kappa shape index (κ3) is 1.71. The van der Waals surface area contributed by atoms with Crippen molar-refractivity contribution in [2.24, 2.45) is 7.05 Å². The fourth-order valence-electron chi connectivity index (χ4n) is 2.49. The van der Waals surface area contributed by atoms with Gasteiger partial charge >= 0.3 is 5.97 Å². The van der Waals surface area contributed by atoms with Crippen LogP contribution < -0.4 is 0 Å². The number of hydrogen-bond acceptors (Lipinski definition) is 1. The number of benzene rings is 1. The highest BCUT2D eigenvalue weighted by Gasteiger charge is 2.22. The molecular weight excluding hydrogens is 214 g/mol. The Kier molecular flexibility index (Phi) is 2.69. The first-order valence-corrected chi connectivity index (χ1v) is 5.71. The molecule has 17 heavy (non-hydrogen) atoms. The molecule has 0 saturated carbocycles. The zero-order valence-electron chi connectivity index (χ0n) is 10.6. The highest BCUT2D eigenvalue weighted by molar-refractivity contribution is 5.88. The van der Waals surface area contributed by atoms with Gasteiger partial charge in [0.25, 0.3) is 0 Å². The van der Waals surface area contributed by atoms with Gasteiger partial charge in [-0.3, -0.25) is 4.79 Å². The van der Waals surface area contributed by atoms with Crippen LogP contribution in [0.3, 0.4) is 0 Å². The number of aromatic nitrogens is 1. The number of carboxylic acids is 1. The molecule has 0 fully saturated rings. The Hall–Kier alpha value is -1.77. The number of aliphatic carboxylic acids is 1. The molecule has 90 valence electrons. The van der Waals surface area contributed by atoms with Crippen LogP contribution in [-0.2, 0) is 11.8 Å². The predicted molar refractivity (Wildman–Crippen MR) is 68.4 cm³/mol. The van der Waals surface area contributed by atoms with Crippen LogP contribution in [0.4, 0.5) is 0 Å². The monoisotopic (exact) mass is 231 g/mol. The molecule has 0 radical (unpaired) electrons. The van der Waals surface area contributed by atoms with E-state index in [9.17, 15) is 4.79 Å². The molecule has 3 nitrogen and oxygen atoms in total. The van der Waals surface area contributed by atoms with Crippen molar-refractivity contribution in [3.05, 3.63) is 35.0 Å². The summed E-state index contributed by atoms with van der Waals surface area (Å²) in [6.07, 6.45) is 0. The molecule has 0 saturated heterocycles. The number of aryl methyl sites for hydroxylation is 3. The van der Waals surface area contributed by atoms with E-state index in [0.717, 1.165) is 22.2 Å². The van der Waals surface area contributed by atoms with Gasteiger partial charge in [0.05, 0.1) is 5.92 Å². The van der Waals surface area contributed by atoms with Crippen molar-refractivity contribution in [1.82, 2.24) is 4.57 Å². The third-order valence-corrected chi connectivity index (χ3v) is 3.44. The first-order chi connectivity index (χ1) is 7.93. The average molecular weight is 231 g/mol. The molecule has 0 aliphatic heterocycles. The Bertz CT molecular complexity index is 596. The molecule has 1 heterocycles. The number of rotatable bonds is 2. The van der Waals surface area contributed by atoms with Crippen molar-refractivity contribution in [3.63, 3.8) is 0 Å². The van der Waals surface area contributed by atoms with E-state index in [2.05, 4.69) is 18.2 Å². The summed E-state index contributed by atoms with van der Waals surface area (Å²) in [5.74, 6) is -1.26. The minimum Gasteiger partial charge on any atom is -0.481 e. The van der Waals surface area contributed by atoms with Crippen LogP contribution in [0.2, 0.25) is 0 Å². The fourth-order valence-corrected chi connectivity index (χ4v) is 2.49. The molecule has 3 heteroatoms. The van der Waals surface area contributed by atoms with Gasteiger partial charge in [0, 0.05) is 23.6 Å². The standard InChI is InChI=1S/C14H17NO2/c1-8-5-6-12-11(7-8)9(2)13(15(12)4)10(3)14(16)17/h5-7,10H,1-4H3,(H,16,17). The lowest BCUT2D eigenvalue weighted by Gasteiger charge is -2.09. The maximum atomic E-state index is 11.1. The summed E-state index contributed by atoms with van der Waals surface area (Å²) in [6, 6.07) is 6.22. The van der Waals surface area contributed by atoms with Gasteiger partial charge in [-0.25, -0.2) is 0 Å². The van der Waals surface area contributed by atoms with Gasteiger partial charge in [-0.15, -0.1) is 0 Å². The van der Waals surface area contributed by atoms with Crippen molar-refractivity contribution in [1.29, 1.82) is 0 Å². The number of fused-ring (bicyclic) bond motifs is 1. The molecule has 1 atom stereocenters. The summed E-state index contributed by atoms with van der Waals surface area (Å²) in [5, 5.41) is 10.3. The molecule has 0 spiro atoms. The van der Waals surface area contributed by atoms with Gasteiger partial charge in [-0.1, -0.05) is 11.6 Å². The summed E-state index contributed by atoms with van der Waals surface area (Å²) in [7, 11) is 1.93. The first kappa shape index (κ1) is 11.7. The minimum absolute atomic E-state index is 0.479. The van der Waals surface area contributed by atoms with Crippen molar-refractivity contribution in [3.8, 4) is 0 Å². The van der Waals surface area contributed by atoms with Gasteiger partial charge in [-0.05, 0) is 38.5 Å². The lowest BCUT2D eigenvalue weighted by molar-refractivity contribution is -0.138.